The Labute approximate surface area is 200 Å². The third kappa shape index (κ3) is 3.78. The Kier molecular flexibility index (Phi) is 5.18. The molecule has 0 saturated carbocycles. The molecule has 172 valence electrons. The van der Waals surface area contributed by atoms with Crippen molar-refractivity contribution in [1.82, 2.24) is 19.7 Å². The Balaban J connectivity index is 1.39. The summed E-state index contributed by atoms with van der Waals surface area (Å²) in [5.74, 6) is 0.447. The molecule has 0 unspecified atom stereocenters. The van der Waals surface area contributed by atoms with E-state index in [1.54, 1.807) is 23.2 Å². The van der Waals surface area contributed by atoms with Crippen LogP contribution >= 0.6 is 0 Å². The molecule has 0 radical (unpaired) electrons. The molecular formula is C27H21N5O3. The molecule has 0 fully saturated rings. The number of carbonyl (C=O) groups is 1. The highest BCUT2D eigenvalue weighted by atomic mass is 16.5. The summed E-state index contributed by atoms with van der Waals surface area (Å²) in [6.45, 7) is 0.579. The zero-order valence-corrected chi connectivity index (χ0v) is 18.8. The van der Waals surface area contributed by atoms with Crippen molar-refractivity contribution in [2.45, 2.75) is 19.4 Å². The van der Waals surface area contributed by atoms with Gasteiger partial charge in [0, 0.05) is 29.9 Å². The van der Waals surface area contributed by atoms with Gasteiger partial charge in [-0.1, -0.05) is 47.6 Å². The Hall–Kier alpha value is -4.59. The van der Waals surface area contributed by atoms with Crippen molar-refractivity contribution >= 4 is 22.5 Å². The number of carbonyl (C=O) groups excluding carboxylic acids is 1. The number of para-hydroxylation sites is 2. The van der Waals surface area contributed by atoms with E-state index in [-0.39, 0.29) is 23.9 Å². The fourth-order valence-electron chi connectivity index (χ4n) is 4.62. The van der Waals surface area contributed by atoms with Crippen molar-refractivity contribution < 1.29 is 9.32 Å². The molecule has 1 aliphatic rings. The lowest BCUT2D eigenvalue weighted by Crippen LogP contribution is -2.39. The van der Waals surface area contributed by atoms with Gasteiger partial charge in [-0.2, -0.15) is 4.98 Å². The van der Waals surface area contributed by atoms with Crippen LogP contribution in [0, 0.1) is 0 Å². The average molecular weight is 463 g/mol. The molecule has 3 aromatic heterocycles. The van der Waals surface area contributed by atoms with Crippen molar-refractivity contribution in [1.29, 1.82) is 0 Å². The number of anilines is 1. The van der Waals surface area contributed by atoms with Crippen molar-refractivity contribution in [3.63, 3.8) is 0 Å². The van der Waals surface area contributed by atoms with Gasteiger partial charge in [0.05, 0.1) is 11.1 Å². The second-order valence-corrected chi connectivity index (χ2v) is 8.42. The third-order valence-electron chi connectivity index (χ3n) is 6.27. The zero-order valence-electron chi connectivity index (χ0n) is 18.8. The maximum atomic E-state index is 13.4. The minimum atomic E-state index is -0.310. The van der Waals surface area contributed by atoms with Crippen LogP contribution in [0.4, 0.5) is 5.69 Å². The highest BCUT2D eigenvalue weighted by molar-refractivity contribution is 5.97. The van der Waals surface area contributed by atoms with E-state index in [0.29, 0.717) is 29.1 Å². The maximum Gasteiger partial charge on any atom is 0.259 e. The van der Waals surface area contributed by atoms with Crippen LogP contribution in [0.5, 0.6) is 0 Å². The van der Waals surface area contributed by atoms with Gasteiger partial charge in [-0.3, -0.25) is 19.1 Å². The number of aromatic nitrogens is 4. The quantitative estimate of drug-likeness (QED) is 0.398. The van der Waals surface area contributed by atoms with Crippen LogP contribution in [0.2, 0.25) is 0 Å². The Morgan fingerprint density at radius 3 is 2.71 bits per heavy atom. The molecule has 0 saturated heterocycles. The molecule has 0 aliphatic carbocycles. The number of aryl methyl sites for hydroxylation is 1. The van der Waals surface area contributed by atoms with E-state index in [9.17, 15) is 9.59 Å². The molecule has 2 aromatic carbocycles. The lowest BCUT2D eigenvalue weighted by molar-refractivity contribution is -0.119. The summed E-state index contributed by atoms with van der Waals surface area (Å²) >= 11 is 0. The van der Waals surface area contributed by atoms with Crippen molar-refractivity contribution in [3.8, 4) is 23.0 Å². The Morgan fingerprint density at radius 1 is 1.00 bits per heavy atom. The monoisotopic (exact) mass is 463 g/mol. The minimum absolute atomic E-state index is 0.0586. The van der Waals surface area contributed by atoms with E-state index in [4.69, 9.17) is 4.52 Å². The van der Waals surface area contributed by atoms with Crippen LogP contribution < -0.4 is 10.5 Å². The van der Waals surface area contributed by atoms with Gasteiger partial charge in [-0.25, -0.2) is 0 Å². The first-order chi connectivity index (χ1) is 17.2. The summed E-state index contributed by atoms with van der Waals surface area (Å²) in [6.07, 6.45) is 3.50. The fourth-order valence-corrected chi connectivity index (χ4v) is 4.62. The molecule has 4 heterocycles. The smallest absolute Gasteiger partial charge is 0.259 e. The number of rotatable bonds is 4. The standard InChI is InChI=1S/C27H21N5O3/c33-24-16-20(27-29-26(30-35-27)21-11-5-6-14-28-21)19-10-2-4-13-23(19)32(24)17-25(34)31-15-7-9-18-8-1-3-12-22(18)31/h1-6,8,10-14,16H,7,9,15,17H2. The fraction of sp³-hybridized carbons (Fsp3) is 0.148. The van der Waals surface area contributed by atoms with E-state index >= 15 is 0 Å². The highest BCUT2D eigenvalue weighted by Crippen LogP contribution is 2.29. The number of benzene rings is 2. The molecule has 0 bridgehead atoms. The largest absolute Gasteiger partial charge is 0.334 e. The lowest BCUT2D eigenvalue weighted by Gasteiger charge is -2.29. The second-order valence-electron chi connectivity index (χ2n) is 8.42. The van der Waals surface area contributed by atoms with Crippen molar-refractivity contribution in [3.05, 3.63) is 94.9 Å². The molecular weight excluding hydrogens is 442 g/mol. The summed E-state index contributed by atoms with van der Waals surface area (Å²) in [4.78, 5) is 37.1. The van der Waals surface area contributed by atoms with Crippen LogP contribution in [-0.2, 0) is 17.8 Å². The van der Waals surface area contributed by atoms with E-state index in [1.165, 1.54) is 10.6 Å². The maximum absolute atomic E-state index is 13.4. The number of hydrogen-bond donors (Lipinski definition) is 0. The first-order valence-electron chi connectivity index (χ1n) is 11.5. The molecule has 0 N–H and O–H groups in total. The molecule has 6 rings (SSSR count). The highest BCUT2D eigenvalue weighted by Gasteiger charge is 2.24. The number of nitrogens with zero attached hydrogens (tertiary/aromatic N) is 5. The van der Waals surface area contributed by atoms with E-state index in [0.717, 1.165) is 29.5 Å². The number of pyridine rings is 2. The van der Waals surface area contributed by atoms with Gasteiger partial charge in [-0.15, -0.1) is 0 Å². The predicted octanol–water partition coefficient (Wildman–Crippen LogP) is 4.09. The molecule has 5 aromatic rings. The summed E-state index contributed by atoms with van der Waals surface area (Å²) in [7, 11) is 0. The van der Waals surface area contributed by atoms with Crippen LogP contribution in [0.15, 0.2) is 88.3 Å². The summed E-state index contributed by atoms with van der Waals surface area (Å²) in [5.41, 5.74) is 3.49. The third-order valence-corrected chi connectivity index (χ3v) is 6.27. The lowest BCUT2D eigenvalue weighted by atomic mass is 10.0. The summed E-state index contributed by atoms with van der Waals surface area (Å²) < 4.78 is 7.01. The molecule has 35 heavy (non-hydrogen) atoms. The summed E-state index contributed by atoms with van der Waals surface area (Å²) in [6, 6.07) is 22.2. The van der Waals surface area contributed by atoms with Crippen LogP contribution in [-0.4, -0.2) is 32.1 Å². The number of amides is 1. The van der Waals surface area contributed by atoms with Gasteiger partial charge in [0.2, 0.25) is 11.7 Å². The SMILES string of the molecule is O=C(Cn1c(=O)cc(-c2nc(-c3ccccn3)no2)c2ccccc21)N1CCCc2ccccc21. The first-order valence-corrected chi connectivity index (χ1v) is 11.5. The minimum Gasteiger partial charge on any atom is -0.334 e. The van der Waals surface area contributed by atoms with Gasteiger partial charge in [0.15, 0.2) is 0 Å². The van der Waals surface area contributed by atoms with Gasteiger partial charge in [0.25, 0.3) is 11.4 Å². The average Bonchev–Trinajstić information content (AvgIpc) is 3.40. The van der Waals surface area contributed by atoms with Crippen molar-refractivity contribution in [2.24, 2.45) is 0 Å². The molecule has 8 nitrogen and oxygen atoms in total. The van der Waals surface area contributed by atoms with Crippen LogP contribution in [0.1, 0.15) is 12.0 Å². The molecule has 8 heteroatoms. The number of fused-ring (bicyclic) bond motifs is 2. The normalized spacial score (nSPS) is 13.1. The van der Waals surface area contributed by atoms with E-state index < -0.39 is 0 Å². The molecule has 1 amide bonds. The van der Waals surface area contributed by atoms with Gasteiger partial charge in [0.1, 0.15) is 12.2 Å². The topological polar surface area (TPSA) is 94.1 Å². The van der Waals surface area contributed by atoms with Gasteiger partial charge < -0.3 is 9.42 Å². The van der Waals surface area contributed by atoms with Gasteiger partial charge in [-0.05, 0) is 42.7 Å². The van der Waals surface area contributed by atoms with Gasteiger partial charge >= 0.3 is 0 Å². The summed E-state index contributed by atoms with van der Waals surface area (Å²) in [5, 5.41) is 4.78. The molecule has 0 atom stereocenters. The van der Waals surface area contributed by atoms with E-state index in [1.807, 2.05) is 48.5 Å². The van der Waals surface area contributed by atoms with Crippen molar-refractivity contribution in [2.75, 3.05) is 11.4 Å². The molecule has 0 spiro atoms. The number of hydrogen-bond acceptors (Lipinski definition) is 6. The predicted molar refractivity (Wildman–Crippen MR) is 132 cm³/mol. The zero-order chi connectivity index (χ0) is 23.8. The Bertz CT molecular complexity index is 1610. The van der Waals surface area contributed by atoms with Crippen LogP contribution in [0.25, 0.3) is 33.9 Å². The first kappa shape index (κ1) is 21.0. The molecule has 1 aliphatic heterocycles. The Morgan fingerprint density at radius 2 is 1.83 bits per heavy atom. The van der Waals surface area contributed by atoms with E-state index in [2.05, 4.69) is 21.2 Å². The van der Waals surface area contributed by atoms with Crippen LogP contribution in [0.3, 0.4) is 0 Å². The second kappa shape index (κ2) is 8.64.